The lowest BCUT2D eigenvalue weighted by Crippen LogP contribution is -2.08. The number of hydrogen-bond acceptors (Lipinski definition) is 3. The van der Waals surface area contributed by atoms with Gasteiger partial charge in [0.1, 0.15) is 23.9 Å². The Morgan fingerprint density at radius 1 is 0.767 bits per heavy atom. The predicted molar refractivity (Wildman–Crippen MR) is 121 cm³/mol. The van der Waals surface area contributed by atoms with E-state index in [4.69, 9.17) is 14.5 Å². The van der Waals surface area contributed by atoms with Gasteiger partial charge in [-0.2, -0.15) is 0 Å². The summed E-state index contributed by atoms with van der Waals surface area (Å²) in [6.07, 6.45) is 3.06. The average Bonchev–Trinajstić information content (AvgIpc) is 3.16. The SMILES string of the molecule is CCc1ccc(OCCCCn2c(COc3ccccc3)nc3ccccc32)cc1. The zero-order valence-electron chi connectivity index (χ0n) is 17.5. The Labute approximate surface area is 178 Å². The first kappa shape index (κ1) is 20.0. The van der Waals surface area contributed by atoms with Crippen molar-refractivity contribution in [1.29, 1.82) is 0 Å². The predicted octanol–water partition coefficient (Wildman–Crippen LogP) is 6.04. The monoisotopic (exact) mass is 400 g/mol. The number of unbranched alkanes of at least 4 members (excludes halogenated alkanes) is 1. The van der Waals surface area contributed by atoms with Crippen molar-refractivity contribution >= 4 is 11.0 Å². The van der Waals surface area contributed by atoms with Crippen LogP contribution in [0.25, 0.3) is 11.0 Å². The summed E-state index contributed by atoms with van der Waals surface area (Å²) >= 11 is 0. The molecule has 1 heterocycles. The number of aromatic nitrogens is 2. The van der Waals surface area contributed by atoms with E-state index in [1.807, 2.05) is 36.4 Å². The van der Waals surface area contributed by atoms with Gasteiger partial charge in [0.15, 0.2) is 0 Å². The van der Waals surface area contributed by atoms with Gasteiger partial charge >= 0.3 is 0 Å². The molecular weight excluding hydrogens is 372 g/mol. The fourth-order valence-electron chi connectivity index (χ4n) is 3.53. The molecule has 0 aliphatic rings. The Hall–Kier alpha value is -3.27. The summed E-state index contributed by atoms with van der Waals surface area (Å²) in [5.74, 6) is 2.76. The molecule has 0 saturated carbocycles. The van der Waals surface area contributed by atoms with Crippen molar-refractivity contribution in [3.8, 4) is 11.5 Å². The molecule has 0 unspecified atom stereocenters. The van der Waals surface area contributed by atoms with Crippen molar-refractivity contribution in [2.45, 2.75) is 39.3 Å². The van der Waals surface area contributed by atoms with Crippen LogP contribution in [0, 0.1) is 0 Å². The summed E-state index contributed by atoms with van der Waals surface area (Å²) in [5.41, 5.74) is 3.50. The second kappa shape index (κ2) is 9.97. The van der Waals surface area contributed by atoms with Gasteiger partial charge in [-0.3, -0.25) is 0 Å². The maximum Gasteiger partial charge on any atom is 0.147 e. The molecule has 0 saturated heterocycles. The van der Waals surface area contributed by atoms with Crippen molar-refractivity contribution in [2.24, 2.45) is 0 Å². The standard InChI is InChI=1S/C26H28N2O2/c1-2-21-14-16-23(17-15-21)29-19-9-8-18-28-25-13-7-6-12-24(25)27-26(28)20-30-22-10-4-3-5-11-22/h3-7,10-17H,2,8-9,18-20H2,1H3. The minimum absolute atomic E-state index is 0.457. The van der Waals surface area contributed by atoms with E-state index < -0.39 is 0 Å². The maximum atomic E-state index is 5.96. The van der Waals surface area contributed by atoms with Crippen LogP contribution in [-0.2, 0) is 19.6 Å². The summed E-state index contributed by atoms with van der Waals surface area (Å²) in [4.78, 5) is 4.80. The highest BCUT2D eigenvalue weighted by Crippen LogP contribution is 2.19. The van der Waals surface area contributed by atoms with Crippen molar-refractivity contribution < 1.29 is 9.47 Å². The van der Waals surface area contributed by atoms with E-state index in [-0.39, 0.29) is 0 Å². The number of benzene rings is 3. The van der Waals surface area contributed by atoms with Crippen LogP contribution in [-0.4, -0.2) is 16.2 Å². The molecule has 0 aliphatic heterocycles. The topological polar surface area (TPSA) is 36.3 Å². The van der Waals surface area contributed by atoms with Gasteiger partial charge < -0.3 is 14.0 Å². The van der Waals surface area contributed by atoms with E-state index in [0.29, 0.717) is 13.2 Å². The Morgan fingerprint density at radius 2 is 1.50 bits per heavy atom. The van der Waals surface area contributed by atoms with E-state index in [1.54, 1.807) is 0 Å². The van der Waals surface area contributed by atoms with Crippen molar-refractivity contribution in [2.75, 3.05) is 6.61 Å². The first-order chi connectivity index (χ1) is 14.8. The number of aryl methyl sites for hydroxylation is 2. The first-order valence-electron chi connectivity index (χ1n) is 10.7. The summed E-state index contributed by atoms with van der Waals surface area (Å²) in [5, 5.41) is 0. The van der Waals surface area contributed by atoms with Gasteiger partial charge in [-0.25, -0.2) is 4.98 Å². The molecule has 0 bridgehead atoms. The lowest BCUT2D eigenvalue weighted by Gasteiger charge is -2.11. The molecule has 0 atom stereocenters. The second-order valence-electron chi connectivity index (χ2n) is 7.32. The molecule has 0 fully saturated rings. The normalized spacial score (nSPS) is 11.0. The van der Waals surface area contributed by atoms with Gasteiger partial charge in [-0.1, -0.05) is 49.4 Å². The first-order valence-corrected chi connectivity index (χ1v) is 10.7. The average molecular weight is 401 g/mol. The Balaban J connectivity index is 1.35. The molecule has 3 aromatic carbocycles. The fraction of sp³-hybridized carbons (Fsp3) is 0.269. The molecule has 1 aromatic heterocycles. The van der Waals surface area contributed by atoms with Crippen LogP contribution in [0.3, 0.4) is 0 Å². The minimum Gasteiger partial charge on any atom is -0.494 e. The highest BCUT2D eigenvalue weighted by molar-refractivity contribution is 5.75. The number of nitrogens with zero attached hydrogens (tertiary/aromatic N) is 2. The lowest BCUT2D eigenvalue weighted by atomic mass is 10.2. The van der Waals surface area contributed by atoms with Crippen LogP contribution in [0.5, 0.6) is 11.5 Å². The molecule has 0 amide bonds. The second-order valence-corrected chi connectivity index (χ2v) is 7.32. The zero-order chi connectivity index (χ0) is 20.6. The summed E-state index contributed by atoms with van der Waals surface area (Å²) < 4.78 is 14.1. The van der Waals surface area contributed by atoms with Crippen LogP contribution in [0.1, 0.15) is 31.2 Å². The largest absolute Gasteiger partial charge is 0.494 e. The quantitative estimate of drug-likeness (QED) is 0.305. The van der Waals surface area contributed by atoms with Gasteiger partial charge in [0.2, 0.25) is 0 Å². The van der Waals surface area contributed by atoms with Crippen LogP contribution in [0.4, 0.5) is 0 Å². The zero-order valence-corrected chi connectivity index (χ0v) is 17.5. The molecular formula is C26H28N2O2. The van der Waals surface area contributed by atoms with Crippen LogP contribution in [0.2, 0.25) is 0 Å². The Kier molecular flexibility index (Phi) is 6.65. The molecule has 154 valence electrons. The lowest BCUT2D eigenvalue weighted by molar-refractivity contribution is 0.285. The summed E-state index contributed by atoms with van der Waals surface area (Å²) in [6.45, 7) is 4.23. The van der Waals surface area contributed by atoms with E-state index >= 15 is 0 Å². The number of fused-ring (bicyclic) bond motifs is 1. The number of hydrogen-bond donors (Lipinski definition) is 0. The molecule has 0 radical (unpaired) electrons. The van der Waals surface area contributed by atoms with Gasteiger partial charge in [0, 0.05) is 6.54 Å². The van der Waals surface area contributed by atoms with E-state index in [1.165, 1.54) is 5.56 Å². The van der Waals surface area contributed by atoms with Crippen molar-refractivity contribution in [3.05, 3.63) is 90.3 Å². The number of imidazole rings is 1. The molecule has 4 aromatic rings. The Morgan fingerprint density at radius 3 is 2.30 bits per heavy atom. The van der Waals surface area contributed by atoms with E-state index in [9.17, 15) is 0 Å². The number of rotatable bonds is 10. The molecule has 4 rings (SSSR count). The van der Waals surface area contributed by atoms with E-state index in [2.05, 4.69) is 54.0 Å². The fourth-order valence-corrected chi connectivity index (χ4v) is 3.53. The summed E-state index contributed by atoms with van der Waals surface area (Å²) in [7, 11) is 0. The molecule has 4 nitrogen and oxygen atoms in total. The van der Waals surface area contributed by atoms with Gasteiger partial charge in [-0.05, 0) is 61.2 Å². The highest BCUT2D eigenvalue weighted by atomic mass is 16.5. The third-order valence-electron chi connectivity index (χ3n) is 5.22. The molecule has 30 heavy (non-hydrogen) atoms. The van der Waals surface area contributed by atoms with Crippen LogP contribution in [0.15, 0.2) is 78.9 Å². The molecule has 0 spiro atoms. The van der Waals surface area contributed by atoms with Crippen LogP contribution >= 0.6 is 0 Å². The molecule has 0 N–H and O–H groups in total. The van der Waals surface area contributed by atoms with Gasteiger partial charge in [-0.15, -0.1) is 0 Å². The highest BCUT2D eigenvalue weighted by Gasteiger charge is 2.11. The number of para-hydroxylation sites is 3. The number of ether oxygens (including phenoxy) is 2. The van der Waals surface area contributed by atoms with Gasteiger partial charge in [0.05, 0.1) is 17.6 Å². The minimum atomic E-state index is 0.457. The maximum absolute atomic E-state index is 5.96. The Bertz CT molecular complexity index is 1060. The smallest absolute Gasteiger partial charge is 0.147 e. The van der Waals surface area contributed by atoms with Gasteiger partial charge in [0.25, 0.3) is 0 Å². The van der Waals surface area contributed by atoms with Crippen molar-refractivity contribution in [1.82, 2.24) is 9.55 Å². The third kappa shape index (κ3) is 5.01. The molecule has 4 heteroatoms. The third-order valence-corrected chi connectivity index (χ3v) is 5.22. The molecule has 0 aliphatic carbocycles. The van der Waals surface area contributed by atoms with Crippen LogP contribution < -0.4 is 9.47 Å². The van der Waals surface area contributed by atoms with E-state index in [0.717, 1.165) is 54.2 Å². The van der Waals surface area contributed by atoms with Crippen molar-refractivity contribution in [3.63, 3.8) is 0 Å². The summed E-state index contributed by atoms with van der Waals surface area (Å²) in [6, 6.07) is 26.5.